The van der Waals surface area contributed by atoms with Crippen molar-refractivity contribution in [1.29, 1.82) is 0 Å². The Hall–Kier alpha value is -1.82. The molecule has 0 aromatic heterocycles. The van der Waals surface area contributed by atoms with Gasteiger partial charge in [-0.2, -0.15) is 12.6 Å². The molecule has 2 amide bonds. The number of carbonyl (C=O) groups is 4. The van der Waals surface area contributed by atoms with Crippen molar-refractivity contribution in [3.63, 3.8) is 0 Å². The molecular formula is C22H31IN2O6S. The molecule has 1 aromatic carbocycles. The smallest absolute Gasteiger partial charge is 0.317 e. The number of methoxy groups -OCH3 is 1. The molecule has 0 bridgehead atoms. The third-order valence-electron chi connectivity index (χ3n) is 5.07. The fraction of sp³-hybridized carbons (Fsp3) is 0.545. The summed E-state index contributed by atoms with van der Waals surface area (Å²) in [5.74, 6) is -4.14. The van der Waals surface area contributed by atoms with E-state index in [9.17, 15) is 24.3 Å². The third-order valence-corrected chi connectivity index (χ3v) is 6.76. The van der Waals surface area contributed by atoms with E-state index in [1.54, 1.807) is 31.4 Å². The number of thiol groups is 1. The summed E-state index contributed by atoms with van der Waals surface area (Å²) in [7, 11) is 3.02. The van der Waals surface area contributed by atoms with E-state index in [0.717, 1.165) is 5.56 Å². The number of halogens is 1. The van der Waals surface area contributed by atoms with E-state index < -0.39 is 44.2 Å². The summed E-state index contributed by atoms with van der Waals surface area (Å²) < 4.78 is 3.80. The van der Waals surface area contributed by atoms with Gasteiger partial charge in [-0.15, -0.1) is 0 Å². The average molecular weight is 578 g/mol. The van der Waals surface area contributed by atoms with Crippen LogP contribution in [-0.2, 0) is 25.6 Å². The highest BCUT2D eigenvalue weighted by Crippen LogP contribution is 2.30. The van der Waals surface area contributed by atoms with Crippen molar-refractivity contribution in [3.05, 3.63) is 29.8 Å². The first-order chi connectivity index (χ1) is 14.9. The van der Waals surface area contributed by atoms with Gasteiger partial charge in [-0.1, -0.05) is 26.0 Å². The fourth-order valence-electron chi connectivity index (χ4n) is 3.50. The molecule has 0 fully saturated rings. The minimum Gasteiger partial charge on any atom is -0.497 e. The Morgan fingerprint density at radius 3 is 2.16 bits per heavy atom. The predicted molar refractivity (Wildman–Crippen MR) is 133 cm³/mol. The van der Waals surface area contributed by atoms with Crippen LogP contribution >= 0.6 is 35.2 Å². The zero-order valence-electron chi connectivity index (χ0n) is 18.8. The van der Waals surface area contributed by atoms with Crippen molar-refractivity contribution in [3.8, 4) is 5.75 Å². The van der Waals surface area contributed by atoms with Crippen LogP contribution in [-0.4, -0.2) is 51.6 Å². The maximum absolute atomic E-state index is 13.4. The van der Waals surface area contributed by atoms with Crippen molar-refractivity contribution in [2.24, 2.45) is 17.8 Å². The highest BCUT2D eigenvalue weighted by atomic mass is 127. The third kappa shape index (κ3) is 7.65. The van der Waals surface area contributed by atoms with E-state index in [2.05, 4.69) is 23.3 Å². The van der Waals surface area contributed by atoms with Crippen LogP contribution in [0.25, 0.3) is 0 Å². The van der Waals surface area contributed by atoms with Crippen LogP contribution in [0.1, 0.15) is 32.8 Å². The summed E-state index contributed by atoms with van der Waals surface area (Å²) in [6.07, 6.45) is 0.439. The van der Waals surface area contributed by atoms with Crippen LogP contribution in [0.2, 0.25) is 0 Å². The number of hydrogen-bond acceptors (Lipinski definition) is 6. The lowest BCUT2D eigenvalue weighted by molar-refractivity contribution is -0.143. The Bertz CT molecular complexity index is 832. The van der Waals surface area contributed by atoms with Gasteiger partial charge in [-0.05, 0) is 59.5 Å². The number of Topliss-reactive ketones (excluding diaryl/α,β-unsaturated/α-hetero) is 1. The molecule has 3 N–H and O–H groups in total. The van der Waals surface area contributed by atoms with Crippen LogP contribution in [0, 0.1) is 17.8 Å². The largest absolute Gasteiger partial charge is 0.497 e. The number of rotatable bonds is 12. The van der Waals surface area contributed by atoms with Crippen LogP contribution in [0.5, 0.6) is 5.75 Å². The van der Waals surface area contributed by atoms with Gasteiger partial charge in [0.1, 0.15) is 16.8 Å². The van der Waals surface area contributed by atoms with Crippen LogP contribution in [0.3, 0.4) is 0 Å². The number of carboxylic acids is 1. The normalized spacial score (nSPS) is 15.8. The number of benzene rings is 1. The van der Waals surface area contributed by atoms with Crippen LogP contribution in [0.15, 0.2) is 24.3 Å². The number of ether oxygens (including phenoxy) is 1. The first kappa shape index (κ1) is 28.2. The number of likely N-dealkylation sites (N-methyl/N-ethyl adjacent to an activating group) is 1. The van der Waals surface area contributed by atoms with Gasteiger partial charge in [-0.25, -0.2) is 0 Å². The summed E-state index contributed by atoms with van der Waals surface area (Å²) >= 11 is 5.97. The molecule has 10 heteroatoms. The standard InChI is InChI=1S/C22H31IN2O6S/c1-12(2)10-16(17(13(3)26)18(32)20(28)29)19(27)25-22(23,21(30)24-4)11-14-6-8-15(31-5)9-7-14/h6-9,12,16-18,32H,10-11H2,1-5H3,(H,24,30)(H,25,27)(H,28,29)/t16?,17?,18?,22-/m1/s1. The van der Waals surface area contributed by atoms with Crippen LogP contribution < -0.4 is 15.4 Å². The Morgan fingerprint density at radius 1 is 1.19 bits per heavy atom. The van der Waals surface area contributed by atoms with E-state index in [1.807, 2.05) is 36.4 Å². The molecule has 0 aliphatic carbocycles. The van der Waals surface area contributed by atoms with Gasteiger partial charge in [-0.3, -0.25) is 19.2 Å². The van der Waals surface area contributed by atoms with Gasteiger partial charge >= 0.3 is 5.97 Å². The van der Waals surface area contributed by atoms with Gasteiger partial charge < -0.3 is 20.5 Å². The number of amides is 2. The average Bonchev–Trinajstić information content (AvgIpc) is 2.72. The van der Waals surface area contributed by atoms with Crippen molar-refractivity contribution in [1.82, 2.24) is 10.6 Å². The van der Waals surface area contributed by atoms with Crippen molar-refractivity contribution in [2.75, 3.05) is 14.2 Å². The zero-order valence-corrected chi connectivity index (χ0v) is 21.9. The molecule has 32 heavy (non-hydrogen) atoms. The second-order valence-corrected chi connectivity index (χ2v) is 10.4. The van der Waals surface area contributed by atoms with Gasteiger partial charge in [0.25, 0.3) is 5.91 Å². The maximum atomic E-state index is 13.4. The van der Waals surface area contributed by atoms with Crippen molar-refractivity contribution < 1.29 is 29.0 Å². The molecule has 0 spiro atoms. The Balaban J connectivity index is 3.30. The van der Waals surface area contributed by atoms with Gasteiger partial charge in [0.15, 0.2) is 3.55 Å². The molecular weight excluding hydrogens is 547 g/mol. The molecule has 0 aliphatic heterocycles. The molecule has 8 nitrogen and oxygen atoms in total. The summed E-state index contributed by atoms with van der Waals surface area (Å²) in [4.78, 5) is 50.0. The van der Waals surface area contributed by atoms with Gasteiger partial charge in [0.05, 0.1) is 13.0 Å². The molecule has 178 valence electrons. The molecule has 0 aliphatic rings. The fourth-order valence-corrected chi connectivity index (χ4v) is 4.89. The van der Waals surface area contributed by atoms with E-state index >= 15 is 0 Å². The highest BCUT2D eigenvalue weighted by Gasteiger charge is 2.44. The van der Waals surface area contributed by atoms with E-state index in [-0.39, 0.29) is 18.8 Å². The SMILES string of the molecule is CNC(=O)[C@@](I)(Cc1ccc(OC)cc1)NC(=O)C(CC(C)C)C(C(C)=O)C(S)C(=O)O. The molecule has 0 saturated heterocycles. The maximum Gasteiger partial charge on any atom is 0.317 e. The van der Waals surface area contributed by atoms with Crippen molar-refractivity contribution in [2.45, 2.75) is 42.4 Å². The first-order valence-corrected chi connectivity index (χ1v) is 11.7. The van der Waals surface area contributed by atoms with E-state index in [0.29, 0.717) is 5.75 Å². The number of carboxylic acid groups (broad SMARTS) is 1. The lowest BCUT2D eigenvalue weighted by atomic mass is 9.80. The predicted octanol–water partition coefficient (Wildman–Crippen LogP) is 2.48. The number of nitrogens with one attached hydrogen (secondary N) is 2. The molecule has 0 saturated carbocycles. The highest BCUT2D eigenvalue weighted by molar-refractivity contribution is 14.1. The van der Waals surface area contributed by atoms with Crippen LogP contribution in [0.4, 0.5) is 0 Å². The lowest BCUT2D eigenvalue weighted by Gasteiger charge is -2.33. The Labute approximate surface area is 207 Å². The molecule has 1 aromatic rings. The monoisotopic (exact) mass is 578 g/mol. The number of carbonyl (C=O) groups excluding carboxylic acids is 3. The Morgan fingerprint density at radius 2 is 1.75 bits per heavy atom. The molecule has 3 unspecified atom stereocenters. The second kappa shape index (κ2) is 12.4. The van der Waals surface area contributed by atoms with E-state index in [1.165, 1.54) is 14.0 Å². The topological polar surface area (TPSA) is 122 Å². The summed E-state index contributed by atoms with van der Waals surface area (Å²) in [5.41, 5.74) is 0.783. The van der Waals surface area contributed by atoms with Crippen molar-refractivity contribution >= 4 is 58.8 Å². The number of hydrogen-bond donors (Lipinski definition) is 4. The van der Waals surface area contributed by atoms with Gasteiger partial charge in [0.2, 0.25) is 5.91 Å². The second-order valence-electron chi connectivity index (χ2n) is 8.05. The number of alkyl halides is 1. The molecule has 1 rings (SSSR count). The minimum absolute atomic E-state index is 0.00660. The van der Waals surface area contributed by atoms with E-state index in [4.69, 9.17) is 4.74 Å². The van der Waals surface area contributed by atoms with Gasteiger partial charge in [0, 0.05) is 19.4 Å². The summed E-state index contributed by atoms with van der Waals surface area (Å²) in [5, 5.41) is 13.4. The molecule has 0 radical (unpaired) electrons. The molecule has 0 heterocycles. The minimum atomic E-state index is -1.36. The summed E-state index contributed by atoms with van der Waals surface area (Å²) in [6, 6.07) is 7.09. The Kier molecular flexibility index (Phi) is 11.0. The summed E-state index contributed by atoms with van der Waals surface area (Å²) in [6.45, 7) is 5.00. The molecule has 4 atom stereocenters. The number of ketones is 1. The quantitative estimate of drug-likeness (QED) is 0.131. The first-order valence-electron chi connectivity index (χ1n) is 10.1. The zero-order chi connectivity index (χ0) is 24.6. The lowest BCUT2D eigenvalue weighted by Crippen LogP contribution is -2.58. The number of aliphatic carboxylic acids is 1.